The first-order valence-electron chi connectivity index (χ1n) is 19.3. The summed E-state index contributed by atoms with van der Waals surface area (Å²) in [5.74, 6) is 0.616. The highest BCUT2D eigenvalue weighted by molar-refractivity contribution is 6.22. The Kier molecular flexibility index (Phi) is 7.78. The van der Waals surface area contributed by atoms with Gasteiger partial charge in [0.2, 0.25) is 5.89 Å². The van der Waals surface area contributed by atoms with Crippen molar-refractivity contribution in [2.45, 2.75) is 0 Å². The second-order valence-corrected chi connectivity index (χ2v) is 14.4. The Morgan fingerprint density at radius 1 is 0.421 bits per heavy atom. The van der Waals surface area contributed by atoms with Gasteiger partial charge < -0.3 is 13.9 Å². The monoisotopic (exact) mass is 729 g/mol. The van der Waals surface area contributed by atoms with E-state index in [0.29, 0.717) is 5.89 Å². The minimum atomic E-state index is 0.616. The highest BCUT2D eigenvalue weighted by Crippen LogP contribution is 2.43. The van der Waals surface area contributed by atoms with Crippen LogP contribution in [-0.4, -0.2) is 9.55 Å². The first kappa shape index (κ1) is 32.7. The standard InChI is InChI=1S/C53H35N3O/c1-4-14-36(15-5-1)37-26-29-42(30-27-37)55(43-22-12-19-40(34-43)46-24-13-25-48-52(46)57-53(54-48)39-17-6-2-7-18-39)44-31-33-49-47(35-44)51-45-23-11-10-16-38(45)28-32-50(51)56(49)41-20-8-3-9-21-41/h1-35H. The summed E-state index contributed by atoms with van der Waals surface area (Å²) < 4.78 is 8.89. The molecule has 0 aliphatic carbocycles. The van der Waals surface area contributed by atoms with Gasteiger partial charge >= 0.3 is 0 Å². The Labute approximate surface area is 330 Å². The SMILES string of the molecule is c1ccc(-c2ccc(N(c3cccc(-c4cccc5nc(-c6ccccc6)oc45)c3)c3ccc4c(c3)c3c5ccccc5ccc3n4-c3ccccc3)cc2)cc1. The summed E-state index contributed by atoms with van der Waals surface area (Å²) in [4.78, 5) is 7.24. The predicted octanol–water partition coefficient (Wildman–Crippen LogP) is 14.5. The average molecular weight is 730 g/mol. The van der Waals surface area contributed by atoms with Crippen molar-refractivity contribution in [3.05, 3.63) is 212 Å². The van der Waals surface area contributed by atoms with Crippen LogP contribution in [0.5, 0.6) is 0 Å². The maximum atomic E-state index is 6.50. The van der Waals surface area contributed by atoms with Crippen LogP contribution in [0.25, 0.3) is 83.1 Å². The summed E-state index contributed by atoms with van der Waals surface area (Å²) in [6, 6.07) is 75.2. The number of hydrogen-bond donors (Lipinski definition) is 0. The second kappa shape index (κ2) is 13.6. The number of anilines is 3. The van der Waals surface area contributed by atoms with Crippen molar-refractivity contribution in [2.24, 2.45) is 0 Å². The third-order valence-corrected chi connectivity index (χ3v) is 11.0. The third kappa shape index (κ3) is 5.66. The molecule has 4 nitrogen and oxygen atoms in total. The van der Waals surface area contributed by atoms with Crippen LogP contribution in [0, 0.1) is 0 Å². The molecule has 0 radical (unpaired) electrons. The van der Waals surface area contributed by atoms with Crippen molar-refractivity contribution in [1.29, 1.82) is 0 Å². The molecule has 0 amide bonds. The maximum absolute atomic E-state index is 6.50. The van der Waals surface area contributed by atoms with E-state index in [1.807, 2.05) is 36.4 Å². The summed E-state index contributed by atoms with van der Waals surface area (Å²) in [5.41, 5.74) is 13.6. The summed E-state index contributed by atoms with van der Waals surface area (Å²) in [6.45, 7) is 0. The van der Waals surface area contributed by atoms with Gasteiger partial charge in [0.1, 0.15) is 5.52 Å². The molecule has 11 rings (SSSR count). The molecule has 0 saturated carbocycles. The second-order valence-electron chi connectivity index (χ2n) is 14.4. The molecule has 268 valence electrons. The number of oxazole rings is 1. The van der Waals surface area contributed by atoms with E-state index >= 15 is 0 Å². The Morgan fingerprint density at radius 3 is 1.86 bits per heavy atom. The lowest BCUT2D eigenvalue weighted by Gasteiger charge is -2.26. The molecule has 0 aliphatic rings. The van der Waals surface area contributed by atoms with Crippen molar-refractivity contribution >= 4 is 60.7 Å². The third-order valence-electron chi connectivity index (χ3n) is 11.0. The molecular formula is C53H35N3O. The highest BCUT2D eigenvalue weighted by Gasteiger charge is 2.20. The van der Waals surface area contributed by atoms with E-state index in [2.05, 4.69) is 185 Å². The van der Waals surface area contributed by atoms with E-state index in [1.165, 1.54) is 38.2 Å². The molecule has 2 heterocycles. The fraction of sp³-hybridized carbons (Fsp3) is 0. The summed E-state index contributed by atoms with van der Waals surface area (Å²) in [6.07, 6.45) is 0. The van der Waals surface area contributed by atoms with Crippen LogP contribution in [0.1, 0.15) is 0 Å². The van der Waals surface area contributed by atoms with E-state index in [-0.39, 0.29) is 0 Å². The molecular weight excluding hydrogens is 695 g/mol. The number of nitrogens with zero attached hydrogens (tertiary/aromatic N) is 3. The number of rotatable bonds is 7. The van der Waals surface area contributed by atoms with Crippen molar-refractivity contribution < 1.29 is 4.42 Å². The number of hydrogen-bond acceptors (Lipinski definition) is 3. The zero-order valence-corrected chi connectivity index (χ0v) is 31.0. The lowest BCUT2D eigenvalue weighted by atomic mass is 10.0. The maximum Gasteiger partial charge on any atom is 0.227 e. The van der Waals surface area contributed by atoms with Gasteiger partial charge in [-0.3, -0.25) is 0 Å². The fourth-order valence-electron chi connectivity index (χ4n) is 8.35. The molecule has 2 aromatic heterocycles. The molecule has 0 unspecified atom stereocenters. The average Bonchev–Trinajstić information content (AvgIpc) is 3.88. The zero-order valence-electron chi connectivity index (χ0n) is 31.0. The molecule has 0 fully saturated rings. The lowest BCUT2D eigenvalue weighted by Crippen LogP contribution is -2.10. The summed E-state index contributed by atoms with van der Waals surface area (Å²) in [5, 5.41) is 4.90. The Morgan fingerprint density at radius 2 is 1.05 bits per heavy atom. The molecule has 57 heavy (non-hydrogen) atoms. The normalized spacial score (nSPS) is 11.5. The Balaban J connectivity index is 1.12. The van der Waals surface area contributed by atoms with E-state index in [4.69, 9.17) is 9.40 Å². The van der Waals surface area contributed by atoms with Gasteiger partial charge in [-0.25, -0.2) is 4.98 Å². The molecule has 4 heteroatoms. The van der Waals surface area contributed by atoms with Crippen LogP contribution in [0.15, 0.2) is 217 Å². The van der Waals surface area contributed by atoms with Gasteiger partial charge in [-0.1, -0.05) is 133 Å². The van der Waals surface area contributed by atoms with Crippen LogP contribution in [0.2, 0.25) is 0 Å². The van der Waals surface area contributed by atoms with Crippen LogP contribution in [0.3, 0.4) is 0 Å². The predicted molar refractivity (Wildman–Crippen MR) is 237 cm³/mol. The van der Waals surface area contributed by atoms with E-state index in [0.717, 1.165) is 56.1 Å². The molecule has 11 aromatic rings. The smallest absolute Gasteiger partial charge is 0.227 e. The van der Waals surface area contributed by atoms with Gasteiger partial charge in [-0.15, -0.1) is 0 Å². The van der Waals surface area contributed by atoms with Gasteiger partial charge in [0.15, 0.2) is 5.58 Å². The highest BCUT2D eigenvalue weighted by atomic mass is 16.3. The number of aromatic nitrogens is 2. The number of benzene rings is 9. The summed E-state index contributed by atoms with van der Waals surface area (Å²) in [7, 11) is 0. The quantitative estimate of drug-likeness (QED) is 0.164. The van der Waals surface area contributed by atoms with Gasteiger partial charge in [-0.05, 0) is 106 Å². The number of para-hydroxylation sites is 2. The van der Waals surface area contributed by atoms with Crippen molar-refractivity contribution in [1.82, 2.24) is 9.55 Å². The van der Waals surface area contributed by atoms with Crippen molar-refractivity contribution in [3.63, 3.8) is 0 Å². The minimum Gasteiger partial charge on any atom is -0.435 e. The van der Waals surface area contributed by atoms with Crippen LogP contribution in [0.4, 0.5) is 17.1 Å². The van der Waals surface area contributed by atoms with Crippen molar-refractivity contribution in [2.75, 3.05) is 4.90 Å². The van der Waals surface area contributed by atoms with Crippen LogP contribution < -0.4 is 4.90 Å². The fourth-order valence-corrected chi connectivity index (χ4v) is 8.35. The van der Waals surface area contributed by atoms with E-state index in [1.54, 1.807) is 0 Å². The largest absolute Gasteiger partial charge is 0.435 e. The minimum absolute atomic E-state index is 0.616. The van der Waals surface area contributed by atoms with Gasteiger partial charge in [0.05, 0.1) is 11.0 Å². The topological polar surface area (TPSA) is 34.2 Å². The Bertz CT molecular complexity index is 3220. The molecule has 0 saturated heterocycles. The van der Waals surface area contributed by atoms with Gasteiger partial charge in [0, 0.05) is 44.6 Å². The lowest BCUT2D eigenvalue weighted by molar-refractivity contribution is 0.621. The molecule has 0 spiro atoms. The summed E-state index contributed by atoms with van der Waals surface area (Å²) >= 11 is 0. The molecule has 0 N–H and O–H groups in total. The van der Waals surface area contributed by atoms with Gasteiger partial charge in [-0.2, -0.15) is 0 Å². The molecule has 0 atom stereocenters. The number of fused-ring (bicyclic) bond motifs is 6. The first-order valence-corrected chi connectivity index (χ1v) is 19.3. The van der Waals surface area contributed by atoms with E-state index in [9.17, 15) is 0 Å². The zero-order chi connectivity index (χ0) is 37.7. The van der Waals surface area contributed by atoms with Gasteiger partial charge in [0.25, 0.3) is 0 Å². The Hall–Kier alpha value is -7.69. The molecule has 9 aromatic carbocycles. The molecule has 0 aliphatic heterocycles. The van der Waals surface area contributed by atoms with Crippen LogP contribution in [-0.2, 0) is 0 Å². The first-order chi connectivity index (χ1) is 28.3. The molecule has 0 bridgehead atoms. The van der Waals surface area contributed by atoms with Crippen LogP contribution >= 0.6 is 0 Å². The van der Waals surface area contributed by atoms with Crippen molar-refractivity contribution in [3.8, 4) is 39.4 Å². The van der Waals surface area contributed by atoms with E-state index < -0.39 is 0 Å².